The molecule has 1 aliphatic rings. The third-order valence-corrected chi connectivity index (χ3v) is 4.25. The van der Waals surface area contributed by atoms with Crippen molar-refractivity contribution in [3.63, 3.8) is 0 Å². The first kappa shape index (κ1) is 18.5. The number of amides is 1. The van der Waals surface area contributed by atoms with E-state index in [1.165, 1.54) is 32.8 Å². The molecule has 0 aromatic carbocycles. The Kier molecular flexibility index (Phi) is 6.85. The summed E-state index contributed by atoms with van der Waals surface area (Å²) in [6, 6.07) is 1.69. The molecule has 24 heavy (non-hydrogen) atoms. The number of nitrogens with one attached hydrogen (secondary N) is 1. The van der Waals surface area contributed by atoms with E-state index in [0.717, 1.165) is 18.8 Å². The quantitative estimate of drug-likeness (QED) is 0.860. The molecule has 0 unspecified atom stereocenters. The number of carbonyl (C=O) groups is 1. The van der Waals surface area contributed by atoms with Crippen molar-refractivity contribution in [1.29, 1.82) is 0 Å². The average Bonchev–Trinajstić information content (AvgIpc) is 2.77. The summed E-state index contributed by atoms with van der Waals surface area (Å²) in [4.78, 5) is 26.6. The molecular weight excluding hydrogens is 306 g/mol. The molecule has 0 saturated carbocycles. The van der Waals surface area contributed by atoms with Crippen LogP contribution in [0.2, 0.25) is 0 Å². The van der Waals surface area contributed by atoms with Crippen LogP contribution in [0.4, 0.5) is 0 Å². The highest BCUT2D eigenvalue weighted by molar-refractivity contribution is 5.76. The van der Waals surface area contributed by atoms with Gasteiger partial charge < -0.3 is 14.6 Å². The number of ether oxygens (including phenoxy) is 1. The largest absolute Gasteiger partial charge is 0.491 e. The monoisotopic (exact) mass is 335 g/mol. The fourth-order valence-corrected chi connectivity index (χ4v) is 3.08. The van der Waals surface area contributed by atoms with Crippen molar-refractivity contribution >= 4 is 5.91 Å². The number of hydrogen-bond acceptors (Lipinski definition) is 4. The molecule has 0 spiro atoms. The number of rotatable bonds is 6. The molecule has 1 aliphatic heterocycles. The highest BCUT2D eigenvalue weighted by Crippen LogP contribution is 2.14. The Balaban J connectivity index is 2.21. The van der Waals surface area contributed by atoms with Gasteiger partial charge in [-0.2, -0.15) is 0 Å². The minimum atomic E-state index is -0.136. The third kappa shape index (κ3) is 5.37. The highest BCUT2D eigenvalue weighted by Gasteiger charge is 2.15. The number of hydrogen-bond donors (Lipinski definition) is 1. The van der Waals surface area contributed by atoms with Crippen LogP contribution in [0.1, 0.15) is 45.2 Å². The molecule has 6 heteroatoms. The van der Waals surface area contributed by atoms with Gasteiger partial charge in [0.25, 0.3) is 0 Å². The molecule has 134 valence electrons. The predicted octanol–water partition coefficient (Wildman–Crippen LogP) is 1.76. The van der Waals surface area contributed by atoms with Gasteiger partial charge in [0, 0.05) is 24.3 Å². The molecular formula is C18H29N3O3. The Labute approximate surface area is 143 Å². The van der Waals surface area contributed by atoms with E-state index in [-0.39, 0.29) is 29.7 Å². The number of methoxy groups -OCH3 is 1. The molecule has 1 amide bonds. The van der Waals surface area contributed by atoms with E-state index < -0.39 is 0 Å². The average molecular weight is 335 g/mol. The van der Waals surface area contributed by atoms with Crippen molar-refractivity contribution in [3.8, 4) is 5.75 Å². The molecule has 2 rings (SSSR count). The Bertz CT molecular complexity index is 602. The SMILES string of the molecule is COc1cn(CC(=O)NC(C)C)c(CN2CCCCCC2)cc1=O. The maximum atomic E-state index is 12.1. The topological polar surface area (TPSA) is 63.6 Å². The summed E-state index contributed by atoms with van der Waals surface area (Å²) < 4.78 is 6.97. The summed E-state index contributed by atoms with van der Waals surface area (Å²) in [6.45, 7) is 6.83. The van der Waals surface area contributed by atoms with Gasteiger partial charge >= 0.3 is 0 Å². The minimum Gasteiger partial charge on any atom is -0.491 e. The minimum absolute atomic E-state index is 0.0622. The Hall–Kier alpha value is -1.82. The van der Waals surface area contributed by atoms with Gasteiger partial charge in [0.15, 0.2) is 5.75 Å². The number of nitrogens with zero attached hydrogens (tertiary/aromatic N) is 2. The number of aromatic nitrogens is 1. The molecule has 0 radical (unpaired) electrons. The fraction of sp³-hybridized carbons (Fsp3) is 0.667. The summed E-state index contributed by atoms with van der Waals surface area (Å²) in [6.07, 6.45) is 6.56. The first-order valence-corrected chi connectivity index (χ1v) is 8.78. The maximum Gasteiger partial charge on any atom is 0.240 e. The fourth-order valence-electron chi connectivity index (χ4n) is 3.08. The van der Waals surface area contributed by atoms with E-state index in [4.69, 9.17) is 4.74 Å². The molecule has 1 saturated heterocycles. The molecule has 1 N–H and O–H groups in total. The molecule has 0 bridgehead atoms. The van der Waals surface area contributed by atoms with Crippen LogP contribution < -0.4 is 15.5 Å². The van der Waals surface area contributed by atoms with Crippen molar-refractivity contribution < 1.29 is 9.53 Å². The van der Waals surface area contributed by atoms with E-state index in [9.17, 15) is 9.59 Å². The van der Waals surface area contributed by atoms with Gasteiger partial charge in [-0.15, -0.1) is 0 Å². The smallest absolute Gasteiger partial charge is 0.240 e. The summed E-state index contributed by atoms with van der Waals surface area (Å²) in [7, 11) is 1.48. The maximum absolute atomic E-state index is 12.1. The zero-order valence-electron chi connectivity index (χ0n) is 15.0. The summed E-state index contributed by atoms with van der Waals surface area (Å²) in [5.41, 5.74) is 0.726. The zero-order valence-corrected chi connectivity index (χ0v) is 15.0. The number of carbonyl (C=O) groups excluding carboxylic acids is 1. The summed E-state index contributed by atoms with van der Waals surface area (Å²) in [5.74, 6) is 0.208. The standard InChI is InChI=1S/C18H29N3O3/c1-14(2)19-18(23)13-21-12-17(24-3)16(22)10-15(21)11-20-8-6-4-5-7-9-20/h10,12,14H,4-9,11,13H2,1-3H3,(H,19,23). The van der Waals surface area contributed by atoms with Crippen molar-refractivity contribution in [2.24, 2.45) is 0 Å². The van der Waals surface area contributed by atoms with Gasteiger partial charge in [-0.3, -0.25) is 14.5 Å². The van der Waals surface area contributed by atoms with Crippen LogP contribution in [0.15, 0.2) is 17.1 Å². The summed E-state index contributed by atoms with van der Waals surface area (Å²) in [5, 5.41) is 2.89. The van der Waals surface area contributed by atoms with Crippen LogP contribution in [0.25, 0.3) is 0 Å². The molecule has 0 atom stereocenters. The molecule has 1 aromatic rings. The van der Waals surface area contributed by atoms with Crippen molar-refractivity contribution in [1.82, 2.24) is 14.8 Å². The lowest BCUT2D eigenvalue weighted by molar-refractivity contribution is -0.122. The molecule has 2 heterocycles. The van der Waals surface area contributed by atoms with Gasteiger partial charge in [0.05, 0.1) is 13.3 Å². The van der Waals surface area contributed by atoms with Crippen molar-refractivity contribution in [2.45, 2.75) is 58.7 Å². The number of likely N-dealkylation sites (tertiary alicyclic amines) is 1. The van der Waals surface area contributed by atoms with E-state index in [2.05, 4.69) is 10.2 Å². The van der Waals surface area contributed by atoms with Crippen LogP contribution in [0.5, 0.6) is 5.75 Å². The predicted molar refractivity (Wildman–Crippen MR) is 94.3 cm³/mol. The molecule has 0 aliphatic carbocycles. The van der Waals surface area contributed by atoms with E-state index >= 15 is 0 Å². The van der Waals surface area contributed by atoms with Gasteiger partial charge in [0.2, 0.25) is 11.3 Å². The molecule has 1 fully saturated rings. The lowest BCUT2D eigenvalue weighted by atomic mass is 10.2. The van der Waals surface area contributed by atoms with Gasteiger partial charge in [-0.1, -0.05) is 12.8 Å². The molecule has 6 nitrogen and oxygen atoms in total. The zero-order chi connectivity index (χ0) is 17.5. The Morgan fingerprint density at radius 2 is 1.92 bits per heavy atom. The van der Waals surface area contributed by atoms with E-state index in [1.807, 2.05) is 18.4 Å². The van der Waals surface area contributed by atoms with E-state index in [0.29, 0.717) is 6.54 Å². The van der Waals surface area contributed by atoms with Crippen LogP contribution in [0, 0.1) is 0 Å². The summed E-state index contributed by atoms with van der Waals surface area (Å²) >= 11 is 0. The van der Waals surface area contributed by atoms with Gasteiger partial charge in [-0.05, 0) is 39.8 Å². The van der Waals surface area contributed by atoms with Gasteiger partial charge in [-0.25, -0.2) is 0 Å². The Morgan fingerprint density at radius 3 is 2.50 bits per heavy atom. The first-order chi connectivity index (χ1) is 11.5. The van der Waals surface area contributed by atoms with Crippen molar-refractivity contribution in [2.75, 3.05) is 20.2 Å². The Morgan fingerprint density at radius 1 is 1.25 bits per heavy atom. The molecule has 1 aromatic heterocycles. The second-order valence-corrected chi connectivity index (χ2v) is 6.74. The number of pyridine rings is 1. The van der Waals surface area contributed by atoms with Crippen molar-refractivity contribution in [3.05, 3.63) is 28.2 Å². The van der Waals surface area contributed by atoms with Crippen LogP contribution >= 0.6 is 0 Å². The first-order valence-electron chi connectivity index (χ1n) is 8.78. The lowest BCUT2D eigenvalue weighted by Crippen LogP contribution is -2.35. The second-order valence-electron chi connectivity index (χ2n) is 6.74. The van der Waals surface area contributed by atoms with Gasteiger partial charge in [0.1, 0.15) is 6.54 Å². The van der Waals surface area contributed by atoms with Crippen LogP contribution in [0.3, 0.4) is 0 Å². The lowest BCUT2D eigenvalue weighted by Gasteiger charge is -2.23. The normalized spacial score (nSPS) is 16.0. The van der Waals surface area contributed by atoms with Crippen LogP contribution in [-0.2, 0) is 17.9 Å². The third-order valence-electron chi connectivity index (χ3n) is 4.25. The van der Waals surface area contributed by atoms with E-state index in [1.54, 1.807) is 12.3 Å². The second kappa shape index (κ2) is 8.87. The van der Waals surface area contributed by atoms with Crippen LogP contribution in [-0.4, -0.2) is 41.6 Å². The highest BCUT2D eigenvalue weighted by atomic mass is 16.5.